The number of carbonyl (C=O) groups excluding carboxylic acids is 1. The fourth-order valence-electron chi connectivity index (χ4n) is 5.74. The number of benzene rings is 5. The molecular formula is C39H32Br2N2O3. The number of hydrogen-bond acceptors (Lipinski definition) is 4. The van der Waals surface area contributed by atoms with Crippen molar-refractivity contribution in [3.63, 3.8) is 0 Å². The van der Waals surface area contributed by atoms with Crippen LogP contribution in [0.4, 0.5) is 0 Å². The van der Waals surface area contributed by atoms with Crippen molar-refractivity contribution in [3.05, 3.63) is 176 Å². The molecule has 1 aromatic heterocycles. The second-order valence-electron chi connectivity index (χ2n) is 10.9. The van der Waals surface area contributed by atoms with Gasteiger partial charge in [0.15, 0.2) is 5.71 Å². The van der Waals surface area contributed by atoms with Crippen LogP contribution >= 0.6 is 31.9 Å². The zero-order valence-corrected chi connectivity index (χ0v) is 28.4. The Hall–Kier alpha value is -4.46. The van der Waals surface area contributed by atoms with E-state index in [1.54, 1.807) is 6.92 Å². The Morgan fingerprint density at radius 3 is 1.83 bits per heavy atom. The summed E-state index contributed by atoms with van der Waals surface area (Å²) < 4.78 is 9.72. The monoisotopic (exact) mass is 734 g/mol. The molecule has 0 saturated heterocycles. The first-order valence-electron chi connectivity index (χ1n) is 15.1. The summed E-state index contributed by atoms with van der Waals surface area (Å²) in [5.74, 6) is -0.519. The highest BCUT2D eigenvalue weighted by Gasteiger charge is 2.40. The molecule has 0 saturated carbocycles. The normalized spacial score (nSPS) is 11.8. The summed E-state index contributed by atoms with van der Waals surface area (Å²) in [5.41, 5.74) is 4.86. The minimum absolute atomic E-state index is 0.177. The molecule has 0 aliphatic carbocycles. The lowest BCUT2D eigenvalue weighted by Crippen LogP contribution is -2.32. The quantitative estimate of drug-likeness (QED) is 0.0577. The van der Waals surface area contributed by atoms with Crippen LogP contribution in [0, 0.1) is 0 Å². The molecule has 230 valence electrons. The van der Waals surface area contributed by atoms with Crippen LogP contribution in [0.25, 0.3) is 10.9 Å². The lowest BCUT2D eigenvalue weighted by Gasteiger charge is -2.33. The summed E-state index contributed by atoms with van der Waals surface area (Å²) in [4.78, 5) is 20.3. The number of carbonyl (C=O) groups is 1. The van der Waals surface area contributed by atoms with Crippen LogP contribution in [0.15, 0.2) is 154 Å². The molecule has 5 aromatic carbocycles. The van der Waals surface area contributed by atoms with Gasteiger partial charge in [0.25, 0.3) is 0 Å². The van der Waals surface area contributed by atoms with Gasteiger partial charge in [-0.25, -0.2) is 4.79 Å². The van der Waals surface area contributed by atoms with Crippen molar-refractivity contribution < 1.29 is 14.4 Å². The molecule has 7 heteroatoms. The number of oxime groups is 1. The smallest absolute Gasteiger partial charge is 0.356 e. The molecule has 46 heavy (non-hydrogen) atoms. The van der Waals surface area contributed by atoms with Gasteiger partial charge >= 0.3 is 5.97 Å². The molecule has 0 radical (unpaired) electrons. The number of hydrogen-bond donors (Lipinski definition) is 0. The predicted molar refractivity (Wildman–Crippen MR) is 191 cm³/mol. The van der Waals surface area contributed by atoms with Crippen LogP contribution in [0.1, 0.15) is 34.7 Å². The molecule has 0 aliphatic rings. The van der Waals surface area contributed by atoms with E-state index in [0.29, 0.717) is 6.54 Å². The molecule has 0 bridgehead atoms. The molecule has 0 unspecified atom stereocenters. The van der Waals surface area contributed by atoms with Gasteiger partial charge in [-0.15, -0.1) is 0 Å². The minimum Gasteiger partial charge on any atom is -0.461 e. The summed E-state index contributed by atoms with van der Waals surface area (Å²) >= 11 is 7.17. The van der Waals surface area contributed by atoms with Crippen molar-refractivity contribution >= 4 is 54.4 Å². The Balaban J connectivity index is 1.47. The van der Waals surface area contributed by atoms with Crippen molar-refractivity contribution in [1.82, 2.24) is 4.57 Å². The standard InChI is InChI=1S/C39H32Br2N2O3/c1-2-45-38(44)36(24-29-27-43(26-28-18-20-33(40)21-19-28)37-23-22-34(41)25-35(29)37)42-46-39(30-12-6-3-7-13-30,31-14-8-4-9-15-31)32-16-10-5-11-17-32/h3-23,25,27H,2,24,26H2,1H3/b42-36+. The zero-order valence-electron chi connectivity index (χ0n) is 25.3. The predicted octanol–water partition coefficient (Wildman–Crippen LogP) is 9.68. The second-order valence-corrected chi connectivity index (χ2v) is 12.7. The van der Waals surface area contributed by atoms with Crippen LogP contribution in [-0.4, -0.2) is 22.9 Å². The van der Waals surface area contributed by atoms with Gasteiger partial charge in [0.05, 0.1) is 6.61 Å². The third-order valence-corrected chi connectivity index (χ3v) is 8.92. The van der Waals surface area contributed by atoms with Crippen molar-refractivity contribution in [2.75, 3.05) is 6.61 Å². The van der Waals surface area contributed by atoms with Crippen molar-refractivity contribution in [1.29, 1.82) is 0 Å². The Labute approximate surface area is 285 Å². The maximum absolute atomic E-state index is 13.6. The van der Waals surface area contributed by atoms with E-state index in [1.165, 1.54) is 0 Å². The van der Waals surface area contributed by atoms with Crippen LogP contribution in [0.2, 0.25) is 0 Å². The highest BCUT2D eigenvalue weighted by Crippen LogP contribution is 2.41. The number of nitrogens with zero attached hydrogens (tertiary/aromatic N) is 2. The van der Waals surface area contributed by atoms with E-state index in [1.807, 2.05) is 109 Å². The molecule has 0 amide bonds. The second kappa shape index (κ2) is 14.3. The summed E-state index contributed by atoms with van der Waals surface area (Å²) in [6.07, 6.45) is 2.31. The van der Waals surface area contributed by atoms with Gasteiger partial charge < -0.3 is 14.1 Å². The summed E-state index contributed by atoms with van der Waals surface area (Å²) in [7, 11) is 0. The van der Waals surface area contributed by atoms with Crippen molar-refractivity contribution in [2.24, 2.45) is 5.16 Å². The highest BCUT2D eigenvalue weighted by atomic mass is 79.9. The molecule has 0 aliphatic heterocycles. The molecule has 0 atom stereocenters. The highest BCUT2D eigenvalue weighted by molar-refractivity contribution is 9.10. The van der Waals surface area contributed by atoms with Gasteiger partial charge in [0.2, 0.25) is 5.60 Å². The van der Waals surface area contributed by atoms with E-state index in [2.05, 4.69) is 72.0 Å². The lowest BCUT2D eigenvalue weighted by molar-refractivity contribution is -0.135. The number of fused-ring (bicyclic) bond motifs is 1. The Kier molecular flexibility index (Phi) is 9.81. The molecular weight excluding hydrogens is 704 g/mol. The van der Waals surface area contributed by atoms with E-state index in [9.17, 15) is 4.79 Å². The number of ether oxygens (including phenoxy) is 1. The molecule has 5 nitrogen and oxygen atoms in total. The first kappa shape index (κ1) is 31.5. The van der Waals surface area contributed by atoms with Gasteiger partial charge in [-0.3, -0.25) is 0 Å². The van der Waals surface area contributed by atoms with Crippen LogP contribution < -0.4 is 0 Å². The van der Waals surface area contributed by atoms with Crippen LogP contribution in [0.3, 0.4) is 0 Å². The Bertz CT molecular complexity index is 1860. The summed E-state index contributed by atoms with van der Waals surface area (Å²) in [5, 5.41) is 5.70. The van der Waals surface area contributed by atoms with Gasteiger partial charge in [-0.05, 0) is 48.4 Å². The third-order valence-electron chi connectivity index (χ3n) is 7.89. The topological polar surface area (TPSA) is 52.8 Å². The zero-order chi connectivity index (χ0) is 31.9. The third kappa shape index (κ3) is 6.71. The van der Waals surface area contributed by atoms with Crippen molar-refractivity contribution in [2.45, 2.75) is 25.5 Å². The average molecular weight is 737 g/mol. The van der Waals surface area contributed by atoms with Gasteiger partial charge in [0.1, 0.15) is 0 Å². The lowest BCUT2D eigenvalue weighted by atomic mass is 9.80. The SMILES string of the molecule is CCOC(=O)/C(Cc1cn(Cc2ccc(Br)cc2)c2ccc(Br)cc12)=N/OC(c1ccccc1)(c1ccccc1)c1ccccc1. The van der Waals surface area contributed by atoms with Gasteiger partial charge in [-0.1, -0.05) is 140 Å². The van der Waals surface area contributed by atoms with Crippen LogP contribution in [-0.2, 0) is 32.9 Å². The average Bonchev–Trinajstić information content (AvgIpc) is 3.42. The maximum Gasteiger partial charge on any atom is 0.356 e. The Morgan fingerprint density at radius 1 is 0.739 bits per heavy atom. The molecule has 0 fully saturated rings. The van der Waals surface area contributed by atoms with E-state index in [-0.39, 0.29) is 18.7 Å². The van der Waals surface area contributed by atoms with E-state index in [4.69, 9.17) is 9.57 Å². The fourth-order valence-corrected chi connectivity index (χ4v) is 6.36. The molecule has 1 heterocycles. The van der Waals surface area contributed by atoms with Gasteiger partial charge in [0, 0.05) is 55.7 Å². The first-order chi connectivity index (χ1) is 22.5. The summed E-state index contributed by atoms with van der Waals surface area (Å²) in [6, 6.07) is 44.4. The number of esters is 1. The van der Waals surface area contributed by atoms with E-state index in [0.717, 1.165) is 47.7 Å². The van der Waals surface area contributed by atoms with E-state index < -0.39 is 11.6 Å². The van der Waals surface area contributed by atoms with Crippen LogP contribution in [0.5, 0.6) is 0 Å². The molecule has 0 spiro atoms. The molecule has 6 aromatic rings. The maximum atomic E-state index is 13.6. The number of halogens is 2. The van der Waals surface area contributed by atoms with Gasteiger partial charge in [-0.2, -0.15) is 0 Å². The first-order valence-corrected chi connectivity index (χ1v) is 16.7. The summed E-state index contributed by atoms with van der Waals surface area (Å²) in [6.45, 7) is 2.68. The number of aromatic nitrogens is 1. The molecule has 6 rings (SSSR count). The fraction of sp³-hybridized carbons (Fsp3) is 0.128. The molecule has 0 N–H and O–H groups in total. The number of rotatable bonds is 11. The largest absolute Gasteiger partial charge is 0.461 e. The Morgan fingerprint density at radius 2 is 1.28 bits per heavy atom. The minimum atomic E-state index is -1.12. The van der Waals surface area contributed by atoms with Crippen molar-refractivity contribution in [3.8, 4) is 0 Å². The van der Waals surface area contributed by atoms with E-state index >= 15 is 0 Å².